The smallest absolute Gasteiger partial charge is 0.593 e. The van der Waals surface area contributed by atoms with Crippen molar-refractivity contribution >= 4 is 23.8 Å². The average molecular weight is 415 g/mol. The monoisotopic (exact) mass is 415 g/mol. The minimum Gasteiger partial charge on any atom is -0.593 e. The van der Waals surface area contributed by atoms with Crippen LogP contribution in [0.25, 0.3) is 0 Å². The topological polar surface area (TPSA) is 157 Å². The van der Waals surface area contributed by atoms with Crippen LogP contribution in [0.1, 0.15) is 11.1 Å². The quantitative estimate of drug-likeness (QED) is 0.169. The Bertz CT molecular complexity index is 827. The summed E-state index contributed by atoms with van der Waals surface area (Å²) >= 11 is 0. The molecule has 0 saturated heterocycles. The third kappa shape index (κ3) is 6.17. The maximum atomic E-state index is 10.7. The van der Waals surface area contributed by atoms with E-state index < -0.39 is 9.85 Å². The van der Waals surface area contributed by atoms with Gasteiger partial charge in [-0.2, -0.15) is 0 Å². The Kier molecular flexibility index (Phi) is 8.05. The summed E-state index contributed by atoms with van der Waals surface area (Å²) in [5, 5.41) is 36.9. The summed E-state index contributed by atoms with van der Waals surface area (Å²) in [5.74, 6) is 0.247. The van der Waals surface area contributed by atoms with Crippen molar-refractivity contribution in [2.75, 3.05) is 13.1 Å². The maximum Gasteiger partial charge on any atom is 3.00 e. The number of hydrogen-bond acceptors (Lipinski definition) is 6. The second-order valence-electron chi connectivity index (χ2n) is 5.13. The number of rotatable bonds is 7. The molecule has 0 spiro atoms. The Hall–Kier alpha value is -3.30. The maximum absolute atomic E-state index is 10.7. The third-order valence-corrected chi connectivity index (χ3v) is 3.31. The Morgan fingerprint density at radius 3 is 1.52 bits per heavy atom. The van der Waals surface area contributed by atoms with Gasteiger partial charge in [0.2, 0.25) is 0 Å². The summed E-state index contributed by atoms with van der Waals surface area (Å²) in [6.45, 7) is 0.530. The van der Waals surface area contributed by atoms with E-state index in [1.54, 1.807) is 0 Å². The normalized spacial score (nSPS) is 10.8. The summed E-state index contributed by atoms with van der Waals surface area (Å²) < 4.78 is 0. The van der Waals surface area contributed by atoms with E-state index in [9.17, 15) is 20.2 Å². The summed E-state index contributed by atoms with van der Waals surface area (Å²) in [5.41, 5.74) is 0.425. The zero-order valence-corrected chi connectivity index (χ0v) is 15.0. The Balaban J connectivity index is 0.00000364. The van der Waals surface area contributed by atoms with Gasteiger partial charge in [0.25, 0.3) is 22.9 Å². The molecule has 0 amide bonds. The van der Waals surface area contributed by atoms with E-state index in [1.807, 2.05) is 0 Å². The zero-order valence-electron chi connectivity index (χ0n) is 13.8. The molecule has 0 unspecified atom stereocenters. The van der Waals surface area contributed by atoms with Gasteiger partial charge in [0.1, 0.15) is 0 Å². The fourth-order valence-electron chi connectivity index (χ4n) is 1.98. The molecule has 0 heterocycles. The summed E-state index contributed by atoms with van der Waals surface area (Å²) in [7, 11) is 0. The molecule has 27 heavy (non-hydrogen) atoms. The minimum absolute atomic E-state index is 0. The molecular weight excluding hydrogens is 399 g/mol. The van der Waals surface area contributed by atoms with Crippen LogP contribution < -0.4 is 0 Å². The van der Waals surface area contributed by atoms with E-state index in [-0.39, 0.29) is 53.0 Å². The number of non-ortho nitro benzene ring substituents is 2. The molecular formula is C16H16MnN4O6+5. The van der Waals surface area contributed by atoms with Crippen molar-refractivity contribution in [2.24, 2.45) is 9.98 Å². The molecule has 10 nitrogen and oxygen atoms in total. The third-order valence-electron chi connectivity index (χ3n) is 3.31. The van der Waals surface area contributed by atoms with Crippen LogP contribution in [0.4, 0.5) is 11.4 Å². The van der Waals surface area contributed by atoms with Gasteiger partial charge in [-0.15, -0.1) is 0 Å². The molecule has 0 aromatic heterocycles. The van der Waals surface area contributed by atoms with Gasteiger partial charge in [0.15, 0.2) is 0 Å². The van der Waals surface area contributed by atoms with E-state index in [4.69, 9.17) is 10.2 Å². The molecule has 0 fully saturated rings. The van der Waals surface area contributed by atoms with Crippen LogP contribution >= 0.6 is 0 Å². The predicted octanol–water partition coefficient (Wildman–Crippen LogP) is 1.91. The Labute approximate surface area is 163 Å². The average Bonchev–Trinajstić information content (AvgIpc) is 2.60. The number of nitro groups is 2. The summed E-state index contributed by atoms with van der Waals surface area (Å²) in [4.78, 5) is 28.5. The molecule has 0 bridgehead atoms. The van der Waals surface area contributed by atoms with E-state index in [1.165, 1.54) is 48.8 Å². The molecule has 0 aliphatic carbocycles. The van der Waals surface area contributed by atoms with Crippen LogP contribution in [0.5, 0.6) is 11.5 Å². The first kappa shape index (κ1) is 21.7. The van der Waals surface area contributed by atoms with Gasteiger partial charge in [-0.05, 0) is 0 Å². The molecule has 2 rings (SSSR count). The zero-order chi connectivity index (χ0) is 19.1. The Morgan fingerprint density at radius 2 is 1.19 bits per heavy atom. The van der Waals surface area contributed by atoms with Gasteiger partial charge in [-0.25, -0.2) is 0 Å². The second-order valence-corrected chi connectivity index (χ2v) is 5.13. The number of nitro benzene ring substituents is 2. The number of nitrogens with zero attached hydrogens (tertiary/aromatic N) is 4. The van der Waals surface area contributed by atoms with Crippen molar-refractivity contribution in [3.63, 3.8) is 0 Å². The largest absolute Gasteiger partial charge is 3.00 e. The van der Waals surface area contributed by atoms with Crippen molar-refractivity contribution in [1.29, 1.82) is 0 Å². The van der Waals surface area contributed by atoms with Crippen LogP contribution in [0.15, 0.2) is 46.4 Å². The first-order valence-corrected chi connectivity index (χ1v) is 7.38. The van der Waals surface area contributed by atoms with Crippen LogP contribution in [-0.4, -0.2) is 45.6 Å². The fraction of sp³-hybridized carbons (Fsp3) is 0.125. The SMILES string of the molecule is O=[N+]([O-])c1ccc([OH2+])c(C=NCCN=Cc2cc([N+](=O)[O-])ccc2[OH2+])c1.[Mn+3]. The first-order chi connectivity index (χ1) is 12.4. The number of hydrogen-bond donors (Lipinski definition) is 0. The summed E-state index contributed by atoms with van der Waals surface area (Å²) in [6.07, 6.45) is 2.74. The summed E-state index contributed by atoms with van der Waals surface area (Å²) in [6, 6.07) is 7.70. The van der Waals surface area contributed by atoms with Crippen molar-refractivity contribution in [1.82, 2.24) is 0 Å². The van der Waals surface area contributed by atoms with Crippen molar-refractivity contribution in [2.45, 2.75) is 0 Å². The standard InChI is InChI=1S/C16H14N4O6.Mn/c21-15-3-1-13(19(23)24)7-11(15)9-17-5-6-18-10-12-8-14(20(25)26)2-4-16(12)22;/h1-4,7-10,21-22H,5-6H2;/q;+3/p+2. The van der Waals surface area contributed by atoms with Crippen LogP contribution in [0.3, 0.4) is 0 Å². The molecule has 2 aromatic carbocycles. The molecule has 11 heteroatoms. The molecule has 0 saturated carbocycles. The molecule has 2 aromatic rings. The predicted molar refractivity (Wildman–Crippen MR) is 97.2 cm³/mol. The van der Waals surface area contributed by atoms with Gasteiger partial charge in [-0.1, -0.05) is 0 Å². The van der Waals surface area contributed by atoms with Crippen molar-refractivity contribution < 1.29 is 37.1 Å². The first-order valence-electron chi connectivity index (χ1n) is 7.38. The molecule has 0 radical (unpaired) electrons. The molecule has 138 valence electrons. The van der Waals surface area contributed by atoms with Gasteiger partial charge in [-0.3, -0.25) is 30.2 Å². The molecule has 0 aliphatic heterocycles. The van der Waals surface area contributed by atoms with Gasteiger partial charge < -0.3 is 10.2 Å². The fourth-order valence-corrected chi connectivity index (χ4v) is 1.98. The van der Waals surface area contributed by atoms with Crippen molar-refractivity contribution in [3.8, 4) is 11.5 Å². The Morgan fingerprint density at radius 1 is 0.815 bits per heavy atom. The van der Waals surface area contributed by atoms with E-state index in [2.05, 4.69) is 9.98 Å². The number of aliphatic imine (C=N–C) groups is 2. The van der Waals surface area contributed by atoms with Crippen molar-refractivity contribution in [3.05, 3.63) is 67.8 Å². The van der Waals surface area contributed by atoms with Crippen LogP contribution in [0, 0.1) is 20.2 Å². The van der Waals surface area contributed by atoms with E-state index in [0.29, 0.717) is 11.1 Å². The number of benzene rings is 2. The van der Waals surface area contributed by atoms with Gasteiger partial charge in [0.05, 0.1) is 34.1 Å². The van der Waals surface area contributed by atoms with E-state index >= 15 is 0 Å². The molecule has 4 N–H and O–H groups in total. The van der Waals surface area contributed by atoms with Gasteiger partial charge >= 0.3 is 17.1 Å². The molecule has 0 atom stereocenters. The minimum atomic E-state index is -0.543. The van der Waals surface area contributed by atoms with Crippen LogP contribution in [-0.2, 0) is 17.1 Å². The van der Waals surface area contributed by atoms with Gasteiger partial charge in [0, 0.05) is 48.8 Å². The second kappa shape index (κ2) is 10.00. The van der Waals surface area contributed by atoms with E-state index in [0.717, 1.165) is 0 Å². The van der Waals surface area contributed by atoms with Crippen LogP contribution in [0.2, 0.25) is 0 Å². The molecule has 0 aliphatic rings.